The number of nitrogens with zero attached hydrogens (tertiary/aromatic N) is 2. The Balaban J connectivity index is 2.07. The van der Waals surface area contributed by atoms with Gasteiger partial charge in [-0.15, -0.1) is 0 Å². The van der Waals surface area contributed by atoms with E-state index in [9.17, 15) is 4.39 Å². The molecule has 1 atom stereocenters. The van der Waals surface area contributed by atoms with Gasteiger partial charge in [-0.1, -0.05) is 6.92 Å². The Kier molecular flexibility index (Phi) is 4.07. The van der Waals surface area contributed by atoms with Crippen LogP contribution in [0.2, 0.25) is 0 Å². The summed E-state index contributed by atoms with van der Waals surface area (Å²) in [5.41, 5.74) is 7.34. The summed E-state index contributed by atoms with van der Waals surface area (Å²) in [5, 5.41) is 0. The van der Waals surface area contributed by atoms with Crippen LogP contribution < -0.4 is 10.6 Å². The average molecular weight is 251 g/mol. The number of hydrogen-bond donors (Lipinski definition) is 1. The normalized spacial score (nSPS) is 20.3. The van der Waals surface area contributed by atoms with Crippen LogP contribution in [0.15, 0.2) is 18.2 Å². The Bertz CT molecular complexity index is 408. The number of anilines is 2. The molecule has 1 aromatic carbocycles. The highest BCUT2D eigenvalue weighted by Gasteiger charge is 2.24. The Morgan fingerprint density at radius 2 is 2.28 bits per heavy atom. The molecule has 4 heteroatoms. The maximum Gasteiger partial charge on any atom is 0.125 e. The van der Waals surface area contributed by atoms with Crippen LogP contribution in [0.5, 0.6) is 0 Å². The molecule has 1 unspecified atom stereocenters. The number of nitrogen functional groups attached to an aromatic ring is 1. The molecule has 0 aliphatic carbocycles. The van der Waals surface area contributed by atoms with E-state index < -0.39 is 0 Å². The van der Waals surface area contributed by atoms with Crippen LogP contribution in [0.1, 0.15) is 19.8 Å². The van der Waals surface area contributed by atoms with Crippen molar-refractivity contribution in [2.75, 3.05) is 37.3 Å². The molecule has 1 aliphatic heterocycles. The van der Waals surface area contributed by atoms with Gasteiger partial charge < -0.3 is 10.6 Å². The van der Waals surface area contributed by atoms with E-state index in [1.165, 1.54) is 31.5 Å². The second-order valence-corrected chi connectivity index (χ2v) is 5.01. The van der Waals surface area contributed by atoms with Crippen molar-refractivity contribution in [2.45, 2.75) is 25.8 Å². The highest BCUT2D eigenvalue weighted by Crippen LogP contribution is 2.25. The fraction of sp³-hybridized carbons (Fsp3) is 0.571. The molecule has 0 bridgehead atoms. The minimum Gasteiger partial charge on any atom is -0.397 e. The van der Waals surface area contributed by atoms with Gasteiger partial charge in [0.2, 0.25) is 0 Å². The standard InChI is InChI=1S/C14H22FN3/c1-3-18-8-4-5-12(18)10-17(2)14-9-11(15)6-7-13(14)16/h6-7,9,12H,3-5,8,10,16H2,1-2H3. The van der Waals surface area contributed by atoms with Gasteiger partial charge in [0, 0.05) is 19.6 Å². The third kappa shape index (κ3) is 2.75. The molecule has 100 valence electrons. The summed E-state index contributed by atoms with van der Waals surface area (Å²) in [6.07, 6.45) is 2.47. The van der Waals surface area contributed by atoms with E-state index in [1.54, 1.807) is 6.07 Å². The van der Waals surface area contributed by atoms with Gasteiger partial charge in [0.15, 0.2) is 0 Å². The first-order chi connectivity index (χ1) is 8.61. The SMILES string of the molecule is CCN1CCCC1CN(C)c1cc(F)ccc1N. The van der Waals surface area contributed by atoms with E-state index in [4.69, 9.17) is 5.73 Å². The van der Waals surface area contributed by atoms with E-state index in [1.807, 2.05) is 7.05 Å². The zero-order valence-corrected chi connectivity index (χ0v) is 11.2. The van der Waals surface area contributed by atoms with Crippen molar-refractivity contribution >= 4 is 11.4 Å². The van der Waals surface area contributed by atoms with E-state index in [2.05, 4.69) is 16.7 Å². The van der Waals surface area contributed by atoms with Crippen molar-refractivity contribution in [1.29, 1.82) is 0 Å². The predicted octanol–water partition coefficient (Wildman–Crippen LogP) is 2.33. The minimum absolute atomic E-state index is 0.232. The highest BCUT2D eigenvalue weighted by molar-refractivity contribution is 5.67. The molecule has 0 saturated carbocycles. The molecule has 18 heavy (non-hydrogen) atoms. The first-order valence-corrected chi connectivity index (χ1v) is 6.62. The molecule has 0 spiro atoms. The monoisotopic (exact) mass is 251 g/mol. The largest absolute Gasteiger partial charge is 0.397 e. The summed E-state index contributed by atoms with van der Waals surface area (Å²) in [5.74, 6) is -0.232. The summed E-state index contributed by atoms with van der Waals surface area (Å²) in [4.78, 5) is 4.54. The molecule has 0 radical (unpaired) electrons. The van der Waals surface area contributed by atoms with Gasteiger partial charge in [0.25, 0.3) is 0 Å². The molecule has 1 aromatic rings. The molecule has 2 N–H and O–H groups in total. The fourth-order valence-electron chi connectivity index (χ4n) is 2.78. The lowest BCUT2D eigenvalue weighted by Gasteiger charge is -2.29. The fourth-order valence-corrected chi connectivity index (χ4v) is 2.78. The van der Waals surface area contributed by atoms with Gasteiger partial charge >= 0.3 is 0 Å². The quantitative estimate of drug-likeness (QED) is 0.834. The van der Waals surface area contributed by atoms with Crippen molar-refractivity contribution in [2.24, 2.45) is 0 Å². The Hall–Kier alpha value is -1.29. The zero-order valence-electron chi connectivity index (χ0n) is 11.2. The second kappa shape index (κ2) is 5.57. The number of rotatable bonds is 4. The van der Waals surface area contributed by atoms with Crippen molar-refractivity contribution in [3.8, 4) is 0 Å². The number of halogens is 1. The van der Waals surface area contributed by atoms with Crippen molar-refractivity contribution < 1.29 is 4.39 Å². The lowest BCUT2D eigenvalue weighted by Crippen LogP contribution is -2.39. The van der Waals surface area contributed by atoms with Crippen LogP contribution in [0.3, 0.4) is 0 Å². The van der Waals surface area contributed by atoms with E-state index in [0.29, 0.717) is 11.7 Å². The van der Waals surface area contributed by atoms with Crippen LogP contribution in [0.4, 0.5) is 15.8 Å². The first kappa shape index (κ1) is 13.1. The molecular formula is C14H22FN3. The van der Waals surface area contributed by atoms with E-state index in [-0.39, 0.29) is 5.82 Å². The Morgan fingerprint density at radius 3 is 3.00 bits per heavy atom. The summed E-state index contributed by atoms with van der Waals surface area (Å²) < 4.78 is 13.3. The number of likely N-dealkylation sites (tertiary alicyclic amines) is 1. The third-order valence-corrected chi connectivity index (χ3v) is 3.79. The van der Waals surface area contributed by atoms with Gasteiger partial charge in [0.05, 0.1) is 11.4 Å². The molecule has 1 aliphatic rings. The van der Waals surface area contributed by atoms with Crippen molar-refractivity contribution in [3.63, 3.8) is 0 Å². The second-order valence-electron chi connectivity index (χ2n) is 5.01. The number of hydrogen-bond acceptors (Lipinski definition) is 3. The number of benzene rings is 1. The lowest BCUT2D eigenvalue weighted by atomic mass is 10.2. The topological polar surface area (TPSA) is 32.5 Å². The summed E-state index contributed by atoms with van der Waals surface area (Å²) >= 11 is 0. The summed E-state index contributed by atoms with van der Waals surface area (Å²) in [6, 6.07) is 5.11. The number of likely N-dealkylation sites (N-methyl/N-ethyl adjacent to an activating group) is 2. The van der Waals surface area contributed by atoms with Crippen LogP contribution in [0.25, 0.3) is 0 Å². The summed E-state index contributed by atoms with van der Waals surface area (Å²) in [7, 11) is 1.98. The van der Waals surface area contributed by atoms with Gasteiger partial charge in [0.1, 0.15) is 5.82 Å². The van der Waals surface area contributed by atoms with Crippen LogP contribution in [0, 0.1) is 5.82 Å². The molecule has 1 heterocycles. The first-order valence-electron chi connectivity index (χ1n) is 6.62. The van der Waals surface area contributed by atoms with Crippen LogP contribution in [-0.4, -0.2) is 37.6 Å². The van der Waals surface area contributed by atoms with Gasteiger partial charge in [-0.25, -0.2) is 4.39 Å². The molecule has 1 saturated heterocycles. The van der Waals surface area contributed by atoms with Crippen molar-refractivity contribution in [1.82, 2.24) is 4.90 Å². The predicted molar refractivity (Wildman–Crippen MR) is 74.4 cm³/mol. The Labute approximate surface area is 108 Å². The third-order valence-electron chi connectivity index (χ3n) is 3.79. The molecule has 0 aromatic heterocycles. The maximum atomic E-state index is 13.3. The molecule has 3 nitrogen and oxygen atoms in total. The zero-order chi connectivity index (χ0) is 13.1. The molecule has 1 fully saturated rings. The molecule has 0 amide bonds. The number of nitrogens with two attached hydrogens (primary N) is 1. The van der Waals surface area contributed by atoms with E-state index in [0.717, 1.165) is 18.8 Å². The highest BCUT2D eigenvalue weighted by atomic mass is 19.1. The lowest BCUT2D eigenvalue weighted by molar-refractivity contribution is 0.270. The van der Waals surface area contributed by atoms with E-state index >= 15 is 0 Å². The van der Waals surface area contributed by atoms with Gasteiger partial charge in [-0.05, 0) is 44.1 Å². The van der Waals surface area contributed by atoms with Crippen molar-refractivity contribution in [3.05, 3.63) is 24.0 Å². The smallest absolute Gasteiger partial charge is 0.125 e. The van der Waals surface area contributed by atoms with Gasteiger partial charge in [-0.2, -0.15) is 0 Å². The summed E-state index contributed by atoms with van der Waals surface area (Å²) in [6.45, 7) is 5.35. The molecule has 2 rings (SSSR count). The maximum absolute atomic E-state index is 13.3. The van der Waals surface area contributed by atoms with Crippen LogP contribution in [-0.2, 0) is 0 Å². The van der Waals surface area contributed by atoms with Crippen LogP contribution >= 0.6 is 0 Å². The minimum atomic E-state index is -0.232. The Morgan fingerprint density at radius 1 is 1.50 bits per heavy atom. The molecular weight excluding hydrogens is 229 g/mol. The van der Waals surface area contributed by atoms with Gasteiger partial charge in [-0.3, -0.25) is 4.90 Å². The average Bonchev–Trinajstić information content (AvgIpc) is 2.79.